The van der Waals surface area contributed by atoms with Gasteiger partial charge in [0.15, 0.2) is 0 Å². The van der Waals surface area contributed by atoms with E-state index in [1.54, 1.807) is 30.3 Å². The molecule has 0 atom stereocenters. The number of nitrogens with one attached hydrogen (secondary N) is 3. The van der Waals surface area contributed by atoms with E-state index in [0.29, 0.717) is 29.4 Å². The Bertz CT molecular complexity index is 916. The van der Waals surface area contributed by atoms with E-state index in [2.05, 4.69) is 16.0 Å². The molecule has 7 nitrogen and oxygen atoms in total. The smallest absolute Gasteiger partial charge is 0.251 e. The standard InChI is InChI=1S/C20H21ClN4O3/c1-13-4-2-3-5-15(13)20(28)23-11-18(26)24-14-6-7-17(16(21)10-14)25-9-8-22-19(27)12-25/h2-7,10H,8-9,11-12H2,1H3,(H,22,27)(H,23,28)(H,24,26). The molecule has 1 saturated heterocycles. The topological polar surface area (TPSA) is 90.5 Å². The van der Waals surface area contributed by atoms with Crippen LogP contribution in [0.25, 0.3) is 0 Å². The monoisotopic (exact) mass is 400 g/mol. The fourth-order valence-corrected chi connectivity index (χ4v) is 3.27. The predicted molar refractivity (Wildman–Crippen MR) is 109 cm³/mol. The predicted octanol–water partition coefficient (Wildman–Crippen LogP) is 1.95. The number of carbonyl (C=O) groups excluding carboxylic acids is 3. The first kappa shape index (κ1) is 19.7. The van der Waals surface area contributed by atoms with Crippen LogP contribution in [0.5, 0.6) is 0 Å². The molecule has 28 heavy (non-hydrogen) atoms. The number of anilines is 2. The molecule has 0 spiro atoms. The van der Waals surface area contributed by atoms with Gasteiger partial charge in [-0.2, -0.15) is 0 Å². The van der Waals surface area contributed by atoms with Crippen LogP contribution in [0, 0.1) is 6.92 Å². The first-order valence-corrected chi connectivity index (χ1v) is 9.26. The maximum absolute atomic E-state index is 12.2. The molecule has 8 heteroatoms. The Morgan fingerprint density at radius 1 is 1.21 bits per heavy atom. The van der Waals surface area contributed by atoms with E-state index in [4.69, 9.17) is 11.6 Å². The Balaban J connectivity index is 1.57. The highest BCUT2D eigenvalue weighted by atomic mass is 35.5. The molecule has 1 fully saturated rings. The lowest BCUT2D eigenvalue weighted by Gasteiger charge is -2.29. The Kier molecular flexibility index (Phi) is 6.16. The second kappa shape index (κ2) is 8.75. The second-order valence-corrected chi connectivity index (χ2v) is 6.89. The van der Waals surface area contributed by atoms with Crippen molar-refractivity contribution in [3.8, 4) is 0 Å². The van der Waals surface area contributed by atoms with Gasteiger partial charge in [-0.3, -0.25) is 14.4 Å². The molecular weight excluding hydrogens is 380 g/mol. The van der Waals surface area contributed by atoms with Crippen molar-refractivity contribution in [1.29, 1.82) is 0 Å². The first-order valence-electron chi connectivity index (χ1n) is 8.89. The van der Waals surface area contributed by atoms with E-state index in [9.17, 15) is 14.4 Å². The van der Waals surface area contributed by atoms with Crippen molar-refractivity contribution in [2.75, 3.05) is 36.4 Å². The van der Waals surface area contributed by atoms with E-state index < -0.39 is 0 Å². The summed E-state index contributed by atoms with van der Waals surface area (Å²) in [5.74, 6) is -0.711. The van der Waals surface area contributed by atoms with Crippen molar-refractivity contribution in [2.45, 2.75) is 6.92 Å². The largest absolute Gasteiger partial charge is 0.359 e. The van der Waals surface area contributed by atoms with Gasteiger partial charge in [0.2, 0.25) is 11.8 Å². The summed E-state index contributed by atoms with van der Waals surface area (Å²) in [7, 11) is 0. The zero-order valence-corrected chi connectivity index (χ0v) is 16.2. The molecular formula is C20H21ClN4O3. The van der Waals surface area contributed by atoms with Gasteiger partial charge in [-0.25, -0.2) is 0 Å². The molecule has 3 rings (SSSR count). The van der Waals surface area contributed by atoms with Crippen LogP contribution in [-0.2, 0) is 9.59 Å². The summed E-state index contributed by atoms with van der Waals surface area (Å²) in [5, 5.41) is 8.52. The molecule has 0 bridgehead atoms. The average Bonchev–Trinajstić information content (AvgIpc) is 2.66. The highest BCUT2D eigenvalue weighted by molar-refractivity contribution is 6.33. The number of aryl methyl sites for hydroxylation is 1. The highest BCUT2D eigenvalue weighted by Gasteiger charge is 2.19. The summed E-state index contributed by atoms with van der Waals surface area (Å²) in [5.41, 5.74) is 2.63. The zero-order valence-electron chi connectivity index (χ0n) is 15.4. The van der Waals surface area contributed by atoms with Gasteiger partial charge in [0, 0.05) is 24.3 Å². The number of nitrogens with zero attached hydrogens (tertiary/aromatic N) is 1. The molecule has 1 aliphatic heterocycles. The fraction of sp³-hybridized carbons (Fsp3) is 0.250. The number of benzene rings is 2. The highest BCUT2D eigenvalue weighted by Crippen LogP contribution is 2.29. The third-order valence-electron chi connectivity index (χ3n) is 4.41. The van der Waals surface area contributed by atoms with Crippen molar-refractivity contribution in [3.05, 3.63) is 58.6 Å². The Morgan fingerprint density at radius 2 is 2.00 bits per heavy atom. The number of amides is 3. The van der Waals surface area contributed by atoms with Crippen LogP contribution < -0.4 is 20.9 Å². The van der Waals surface area contributed by atoms with Crippen LogP contribution in [-0.4, -0.2) is 43.9 Å². The number of carbonyl (C=O) groups is 3. The number of halogens is 1. The van der Waals surface area contributed by atoms with Crippen LogP contribution in [0.3, 0.4) is 0 Å². The molecule has 0 radical (unpaired) electrons. The molecule has 3 amide bonds. The van der Waals surface area contributed by atoms with Crippen molar-refractivity contribution in [3.63, 3.8) is 0 Å². The SMILES string of the molecule is Cc1ccccc1C(=O)NCC(=O)Nc1ccc(N2CCNC(=O)C2)c(Cl)c1. The molecule has 0 aromatic heterocycles. The normalized spacial score (nSPS) is 13.6. The van der Waals surface area contributed by atoms with Crippen LogP contribution in [0.4, 0.5) is 11.4 Å². The van der Waals surface area contributed by atoms with Crippen LogP contribution >= 0.6 is 11.6 Å². The number of hydrogen-bond donors (Lipinski definition) is 3. The van der Waals surface area contributed by atoms with Gasteiger partial charge >= 0.3 is 0 Å². The third kappa shape index (κ3) is 4.80. The minimum absolute atomic E-state index is 0.0518. The van der Waals surface area contributed by atoms with E-state index in [1.807, 2.05) is 24.0 Å². The fourth-order valence-electron chi connectivity index (χ4n) is 2.97. The van der Waals surface area contributed by atoms with Crippen molar-refractivity contribution < 1.29 is 14.4 Å². The van der Waals surface area contributed by atoms with Gasteiger partial charge in [-0.1, -0.05) is 29.8 Å². The molecule has 2 aromatic rings. The van der Waals surface area contributed by atoms with Crippen molar-refractivity contribution >= 4 is 40.7 Å². The lowest BCUT2D eigenvalue weighted by atomic mass is 10.1. The van der Waals surface area contributed by atoms with Gasteiger partial charge in [0.05, 0.1) is 23.8 Å². The van der Waals surface area contributed by atoms with Gasteiger partial charge in [0.1, 0.15) is 0 Å². The van der Waals surface area contributed by atoms with Gasteiger partial charge in [-0.05, 0) is 36.8 Å². The summed E-state index contributed by atoms with van der Waals surface area (Å²) in [6.45, 7) is 3.16. The maximum Gasteiger partial charge on any atom is 0.251 e. The Hall–Kier alpha value is -3.06. The third-order valence-corrected chi connectivity index (χ3v) is 4.71. The van der Waals surface area contributed by atoms with Crippen molar-refractivity contribution in [1.82, 2.24) is 10.6 Å². The summed E-state index contributed by atoms with van der Waals surface area (Å²) in [6.07, 6.45) is 0. The first-order chi connectivity index (χ1) is 13.4. The Morgan fingerprint density at radius 3 is 2.71 bits per heavy atom. The average molecular weight is 401 g/mol. The van der Waals surface area contributed by atoms with Crippen LogP contribution in [0.2, 0.25) is 5.02 Å². The van der Waals surface area contributed by atoms with Gasteiger partial charge in [-0.15, -0.1) is 0 Å². The number of rotatable bonds is 5. The van der Waals surface area contributed by atoms with Crippen LogP contribution in [0.1, 0.15) is 15.9 Å². The minimum Gasteiger partial charge on any atom is -0.359 e. The quantitative estimate of drug-likeness (QED) is 0.715. The lowest BCUT2D eigenvalue weighted by molar-refractivity contribution is -0.120. The minimum atomic E-state index is -0.358. The van der Waals surface area contributed by atoms with Crippen LogP contribution in [0.15, 0.2) is 42.5 Å². The maximum atomic E-state index is 12.2. The van der Waals surface area contributed by atoms with E-state index in [-0.39, 0.29) is 30.8 Å². The summed E-state index contributed by atoms with van der Waals surface area (Å²) in [4.78, 5) is 37.7. The molecule has 146 valence electrons. The van der Waals surface area contributed by atoms with E-state index in [1.165, 1.54) is 0 Å². The zero-order chi connectivity index (χ0) is 20.1. The Labute approximate surface area is 168 Å². The molecule has 3 N–H and O–H groups in total. The molecule has 2 aromatic carbocycles. The lowest BCUT2D eigenvalue weighted by Crippen LogP contribution is -2.47. The van der Waals surface area contributed by atoms with E-state index >= 15 is 0 Å². The summed E-state index contributed by atoms with van der Waals surface area (Å²) >= 11 is 6.32. The summed E-state index contributed by atoms with van der Waals surface area (Å²) in [6, 6.07) is 12.3. The molecule has 0 aliphatic carbocycles. The molecule has 1 heterocycles. The van der Waals surface area contributed by atoms with Crippen molar-refractivity contribution in [2.24, 2.45) is 0 Å². The summed E-state index contributed by atoms with van der Waals surface area (Å²) < 4.78 is 0. The second-order valence-electron chi connectivity index (χ2n) is 6.48. The number of hydrogen-bond acceptors (Lipinski definition) is 4. The molecule has 0 unspecified atom stereocenters. The van der Waals surface area contributed by atoms with Gasteiger partial charge < -0.3 is 20.9 Å². The van der Waals surface area contributed by atoms with E-state index in [0.717, 1.165) is 11.3 Å². The number of piperazine rings is 1. The van der Waals surface area contributed by atoms with Gasteiger partial charge in [0.25, 0.3) is 5.91 Å². The molecule has 0 saturated carbocycles. The molecule has 1 aliphatic rings.